The fraction of sp³-hybridized carbons (Fsp3) is 0.318. The molecule has 1 aliphatic rings. The summed E-state index contributed by atoms with van der Waals surface area (Å²) in [5, 5.41) is 0. The Hall–Kier alpha value is -3.33. The molecule has 0 bridgehead atoms. The molecule has 2 rings (SSSR count). The van der Waals surface area contributed by atoms with Crippen LogP contribution in [0.1, 0.15) is 18.9 Å². The molecule has 0 unspecified atom stereocenters. The minimum absolute atomic E-state index is 0.0982. The Bertz CT molecular complexity index is 873. The average Bonchev–Trinajstić information content (AvgIpc) is 2.75. The number of allylic oxidation sites excluding steroid dienone is 1. The molecule has 146 valence electrons. The maximum atomic E-state index is 12.6. The zero-order valence-electron chi connectivity index (χ0n) is 16.4. The van der Waals surface area contributed by atoms with Crippen LogP contribution in [-0.2, 0) is 23.9 Å². The molecule has 0 N–H and O–H groups in total. The van der Waals surface area contributed by atoms with Crippen molar-refractivity contribution in [3.05, 3.63) is 59.2 Å². The quantitative estimate of drug-likeness (QED) is 0.454. The van der Waals surface area contributed by atoms with Crippen LogP contribution in [0.5, 0.6) is 0 Å². The normalized spacial score (nSPS) is 18.0. The molecule has 1 amide bonds. The summed E-state index contributed by atoms with van der Waals surface area (Å²) in [4.78, 5) is 38.8. The van der Waals surface area contributed by atoms with E-state index in [-0.39, 0.29) is 17.1 Å². The van der Waals surface area contributed by atoms with E-state index in [1.165, 1.54) is 26.2 Å². The van der Waals surface area contributed by atoms with Crippen molar-refractivity contribution in [2.45, 2.75) is 19.4 Å². The molecular formula is C22H23NO5. The molecule has 0 aromatic heterocycles. The van der Waals surface area contributed by atoms with Crippen molar-refractivity contribution in [1.82, 2.24) is 4.90 Å². The second kappa shape index (κ2) is 9.56. The number of likely N-dealkylation sites (N-methyl/N-ethyl adjacent to an activating group) is 1. The lowest BCUT2D eigenvalue weighted by atomic mass is 9.83. The van der Waals surface area contributed by atoms with Crippen molar-refractivity contribution in [3.8, 4) is 11.8 Å². The van der Waals surface area contributed by atoms with Crippen molar-refractivity contribution < 1.29 is 23.9 Å². The number of hydrogen-bond donors (Lipinski definition) is 0. The fourth-order valence-electron chi connectivity index (χ4n) is 3.03. The van der Waals surface area contributed by atoms with Crippen molar-refractivity contribution in [3.63, 3.8) is 0 Å². The number of esters is 2. The Balaban J connectivity index is 2.42. The summed E-state index contributed by atoms with van der Waals surface area (Å²) in [6.07, 6.45) is 4.12. The van der Waals surface area contributed by atoms with Gasteiger partial charge in [-0.2, -0.15) is 0 Å². The molecular weight excluding hydrogens is 358 g/mol. The Morgan fingerprint density at radius 2 is 1.61 bits per heavy atom. The molecule has 1 aromatic rings. The first-order valence-corrected chi connectivity index (χ1v) is 8.87. The maximum absolute atomic E-state index is 12.6. The van der Waals surface area contributed by atoms with Crippen molar-refractivity contribution in [1.29, 1.82) is 0 Å². The number of nitrogens with zero attached hydrogens (tertiary/aromatic N) is 1. The van der Waals surface area contributed by atoms with Gasteiger partial charge in [0.15, 0.2) is 0 Å². The molecule has 1 aliphatic carbocycles. The lowest BCUT2D eigenvalue weighted by Gasteiger charge is -2.31. The van der Waals surface area contributed by atoms with Gasteiger partial charge in [-0.1, -0.05) is 43.2 Å². The van der Waals surface area contributed by atoms with Gasteiger partial charge in [0.05, 0.1) is 31.4 Å². The predicted octanol–water partition coefficient (Wildman–Crippen LogP) is 2.10. The number of carbonyl (C=O) groups excluding carboxylic acids is 3. The van der Waals surface area contributed by atoms with Crippen LogP contribution in [-0.4, -0.2) is 50.1 Å². The van der Waals surface area contributed by atoms with E-state index >= 15 is 0 Å². The molecule has 0 heterocycles. The summed E-state index contributed by atoms with van der Waals surface area (Å²) >= 11 is 0. The van der Waals surface area contributed by atoms with Crippen molar-refractivity contribution in [2.24, 2.45) is 5.92 Å². The Kier molecular flexibility index (Phi) is 7.16. The minimum atomic E-state index is -0.776. The largest absolute Gasteiger partial charge is 0.466 e. The summed E-state index contributed by atoms with van der Waals surface area (Å²) < 4.78 is 9.76. The molecule has 2 atom stereocenters. The standard InChI is InChI=1S/C22H23NO5/c1-5-16-12-13-17(20(22(26)28-4)19(16)21(25)27-3)23(2)18(24)14-11-15-9-7-6-8-10-15/h6-10,12-13,16-17H,5H2,1-4H3/t16-,17+/m0/s1. The van der Waals surface area contributed by atoms with Crippen LogP contribution >= 0.6 is 0 Å². The molecule has 0 aliphatic heterocycles. The summed E-state index contributed by atoms with van der Waals surface area (Å²) in [6, 6.07) is 8.32. The van der Waals surface area contributed by atoms with Crippen LogP contribution in [0.4, 0.5) is 0 Å². The van der Waals surface area contributed by atoms with Crippen LogP contribution in [0.3, 0.4) is 0 Å². The first kappa shape index (κ1) is 21.0. The molecule has 6 heteroatoms. The van der Waals surface area contributed by atoms with E-state index in [0.717, 1.165) is 0 Å². The predicted molar refractivity (Wildman–Crippen MR) is 104 cm³/mol. The smallest absolute Gasteiger partial charge is 0.336 e. The van der Waals surface area contributed by atoms with Crippen LogP contribution < -0.4 is 0 Å². The van der Waals surface area contributed by atoms with Gasteiger partial charge < -0.3 is 14.4 Å². The monoisotopic (exact) mass is 381 g/mol. The molecule has 28 heavy (non-hydrogen) atoms. The van der Waals surface area contributed by atoms with E-state index in [2.05, 4.69) is 11.8 Å². The molecule has 0 spiro atoms. The molecule has 6 nitrogen and oxygen atoms in total. The third-order valence-corrected chi connectivity index (χ3v) is 4.56. The fourth-order valence-corrected chi connectivity index (χ4v) is 3.03. The molecule has 1 aromatic carbocycles. The van der Waals surface area contributed by atoms with E-state index in [0.29, 0.717) is 12.0 Å². The molecule has 0 radical (unpaired) electrons. The number of benzene rings is 1. The van der Waals surface area contributed by atoms with Gasteiger partial charge in [-0.3, -0.25) is 4.79 Å². The average molecular weight is 381 g/mol. The van der Waals surface area contributed by atoms with Crippen molar-refractivity contribution in [2.75, 3.05) is 21.3 Å². The number of methoxy groups -OCH3 is 2. The first-order valence-electron chi connectivity index (χ1n) is 8.87. The maximum Gasteiger partial charge on any atom is 0.336 e. The van der Waals surface area contributed by atoms with Gasteiger partial charge in [-0.05, 0) is 18.6 Å². The summed E-state index contributed by atoms with van der Waals surface area (Å²) in [5.41, 5.74) is 1.01. The van der Waals surface area contributed by atoms with Crippen LogP contribution in [0.25, 0.3) is 0 Å². The molecule has 0 saturated carbocycles. The number of amides is 1. The third-order valence-electron chi connectivity index (χ3n) is 4.56. The van der Waals surface area contributed by atoms with E-state index in [9.17, 15) is 14.4 Å². The van der Waals surface area contributed by atoms with Gasteiger partial charge in [-0.15, -0.1) is 0 Å². The van der Waals surface area contributed by atoms with E-state index in [1.54, 1.807) is 24.3 Å². The highest BCUT2D eigenvalue weighted by Crippen LogP contribution is 2.31. The zero-order chi connectivity index (χ0) is 20.7. The summed E-state index contributed by atoms with van der Waals surface area (Å²) in [5.74, 6) is 3.30. The Morgan fingerprint density at radius 1 is 1.00 bits per heavy atom. The minimum Gasteiger partial charge on any atom is -0.466 e. The van der Waals surface area contributed by atoms with E-state index in [4.69, 9.17) is 9.47 Å². The topological polar surface area (TPSA) is 72.9 Å². The van der Waals surface area contributed by atoms with Gasteiger partial charge in [0, 0.05) is 24.4 Å². The Labute approximate surface area is 164 Å². The zero-order valence-corrected chi connectivity index (χ0v) is 16.4. The highest BCUT2D eigenvalue weighted by Gasteiger charge is 2.37. The van der Waals surface area contributed by atoms with Gasteiger partial charge in [-0.25, -0.2) is 9.59 Å². The molecule has 0 saturated heterocycles. The SMILES string of the molecule is CC[C@H]1C=C[C@@H](N(C)C(=O)C#Cc2ccccc2)C(C(=O)OC)=C1C(=O)OC. The summed E-state index contributed by atoms with van der Waals surface area (Å²) in [6.45, 7) is 1.90. The highest BCUT2D eigenvalue weighted by molar-refractivity contribution is 6.04. The van der Waals surface area contributed by atoms with Gasteiger partial charge >= 0.3 is 11.9 Å². The number of ether oxygens (including phenoxy) is 2. The van der Waals surface area contributed by atoms with Crippen LogP contribution in [0.15, 0.2) is 53.6 Å². The number of hydrogen-bond acceptors (Lipinski definition) is 5. The first-order chi connectivity index (χ1) is 13.4. The summed E-state index contributed by atoms with van der Waals surface area (Å²) in [7, 11) is 4.02. The lowest BCUT2D eigenvalue weighted by Crippen LogP contribution is -2.42. The van der Waals surface area contributed by atoms with Gasteiger partial charge in [0.2, 0.25) is 0 Å². The third kappa shape index (κ3) is 4.49. The highest BCUT2D eigenvalue weighted by atomic mass is 16.5. The number of rotatable bonds is 4. The second-order valence-electron chi connectivity index (χ2n) is 6.19. The second-order valence-corrected chi connectivity index (χ2v) is 6.19. The van der Waals surface area contributed by atoms with E-state index < -0.39 is 23.9 Å². The van der Waals surface area contributed by atoms with Crippen molar-refractivity contribution >= 4 is 17.8 Å². The lowest BCUT2D eigenvalue weighted by molar-refractivity contribution is -0.140. The van der Waals surface area contributed by atoms with Gasteiger partial charge in [0.1, 0.15) is 0 Å². The van der Waals surface area contributed by atoms with Gasteiger partial charge in [0.25, 0.3) is 5.91 Å². The van der Waals surface area contributed by atoms with E-state index in [1.807, 2.05) is 25.1 Å². The molecule has 0 fully saturated rings. The Morgan fingerprint density at radius 3 is 2.18 bits per heavy atom. The number of carbonyl (C=O) groups is 3. The van der Waals surface area contributed by atoms with Crippen LogP contribution in [0.2, 0.25) is 0 Å². The van der Waals surface area contributed by atoms with Crippen LogP contribution in [0, 0.1) is 17.8 Å².